The molecule has 1 aromatic carbocycles. The van der Waals surface area contributed by atoms with Crippen LogP contribution in [0.25, 0.3) is 0 Å². The van der Waals surface area contributed by atoms with Crippen LogP contribution in [0.3, 0.4) is 0 Å². The van der Waals surface area contributed by atoms with Crippen molar-refractivity contribution in [1.82, 2.24) is 9.97 Å². The molecule has 0 unspecified atom stereocenters. The van der Waals surface area contributed by atoms with E-state index in [0.717, 1.165) is 6.54 Å². The molecule has 1 amide bonds. The standard InChI is InChI=1S/C16H18Cl2N4O/c1-9(2)8-19-15-7-14(20-10(3)21-15)16(23)22-13-6-11(17)4-5-12(13)18/h4-7,9H,8H2,1-3H3,(H,22,23)(H,19,20,21). The molecule has 0 radical (unpaired) electrons. The largest absolute Gasteiger partial charge is 0.370 e. The average molecular weight is 353 g/mol. The minimum atomic E-state index is -0.368. The number of carbonyl (C=O) groups is 1. The number of nitrogens with one attached hydrogen (secondary N) is 2. The summed E-state index contributed by atoms with van der Waals surface area (Å²) in [6.45, 7) is 6.69. The molecule has 0 aliphatic heterocycles. The van der Waals surface area contributed by atoms with Crippen molar-refractivity contribution in [3.05, 3.63) is 45.8 Å². The molecule has 1 heterocycles. The molecule has 0 aliphatic carbocycles. The summed E-state index contributed by atoms with van der Waals surface area (Å²) in [5.41, 5.74) is 0.705. The predicted molar refractivity (Wildman–Crippen MR) is 94.5 cm³/mol. The molecule has 2 rings (SSSR count). The van der Waals surface area contributed by atoms with Gasteiger partial charge in [-0.1, -0.05) is 37.0 Å². The summed E-state index contributed by atoms with van der Waals surface area (Å²) in [6.07, 6.45) is 0. The molecule has 0 spiro atoms. The number of halogens is 2. The number of anilines is 2. The second-order valence-corrected chi connectivity index (χ2v) is 6.38. The Kier molecular flexibility index (Phi) is 5.80. The van der Waals surface area contributed by atoms with E-state index in [9.17, 15) is 4.79 Å². The fourth-order valence-electron chi connectivity index (χ4n) is 1.86. The van der Waals surface area contributed by atoms with Crippen molar-refractivity contribution in [2.24, 2.45) is 5.92 Å². The van der Waals surface area contributed by atoms with Gasteiger partial charge in [-0.2, -0.15) is 0 Å². The molecule has 1 aromatic heterocycles. The van der Waals surface area contributed by atoms with E-state index in [0.29, 0.717) is 33.3 Å². The number of benzene rings is 1. The van der Waals surface area contributed by atoms with Gasteiger partial charge in [-0.05, 0) is 31.0 Å². The summed E-state index contributed by atoms with van der Waals surface area (Å²) >= 11 is 12.0. The Morgan fingerprint density at radius 3 is 2.65 bits per heavy atom. The number of rotatable bonds is 5. The van der Waals surface area contributed by atoms with Crippen LogP contribution in [0.1, 0.15) is 30.2 Å². The summed E-state index contributed by atoms with van der Waals surface area (Å²) in [5.74, 6) is 1.23. The van der Waals surface area contributed by atoms with Crippen LogP contribution < -0.4 is 10.6 Å². The van der Waals surface area contributed by atoms with Crippen molar-refractivity contribution >= 4 is 40.6 Å². The third-order valence-electron chi connectivity index (χ3n) is 2.94. The van der Waals surface area contributed by atoms with Crippen molar-refractivity contribution < 1.29 is 4.79 Å². The van der Waals surface area contributed by atoms with Gasteiger partial charge in [0, 0.05) is 17.6 Å². The quantitative estimate of drug-likeness (QED) is 0.835. The van der Waals surface area contributed by atoms with Gasteiger partial charge in [-0.3, -0.25) is 4.79 Å². The number of hydrogen-bond donors (Lipinski definition) is 2. The number of aryl methyl sites for hydroxylation is 1. The number of aromatic nitrogens is 2. The zero-order chi connectivity index (χ0) is 17.0. The lowest BCUT2D eigenvalue weighted by Gasteiger charge is -2.11. The lowest BCUT2D eigenvalue weighted by molar-refractivity contribution is 0.102. The smallest absolute Gasteiger partial charge is 0.274 e. The maximum absolute atomic E-state index is 12.4. The minimum absolute atomic E-state index is 0.264. The molecule has 0 saturated heterocycles. The molecule has 7 heteroatoms. The van der Waals surface area contributed by atoms with Crippen LogP contribution in [-0.4, -0.2) is 22.4 Å². The first-order valence-corrected chi connectivity index (χ1v) is 7.96. The molecule has 0 atom stereocenters. The SMILES string of the molecule is Cc1nc(NCC(C)C)cc(C(=O)Nc2cc(Cl)ccc2Cl)n1. The second kappa shape index (κ2) is 7.62. The van der Waals surface area contributed by atoms with Crippen LogP contribution >= 0.6 is 23.2 Å². The van der Waals surface area contributed by atoms with Gasteiger partial charge in [0.1, 0.15) is 17.3 Å². The molecule has 0 bridgehead atoms. The Morgan fingerprint density at radius 2 is 1.96 bits per heavy atom. The summed E-state index contributed by atoms with van der Waals surface area (Å²) in [4.78, 5) is 20.8. The Morgan fingerprint density at radius 1 is 1.22 bits per heavy atom. The third-order valence-corrected chi connectivity index (χ3v) is 3.50. The predicted octanol–water partition coefficient (Wildman–Crippen LogP) is 4.41. The summed E-state index contributed by atoms with van der Waals surface area (Å²) in [5, 5.41) is 6.80. The number of hydrogen-bond acceptors (Lipinski definition) is 4. The van der Waals surface area contributed by atoms with Gasteiger partial charge in [-0.25, -0.2) is 9.97 Å². The fraction of sp³-hybridized carbons (Fsp3) is 0.312. The molecule has 2 aromatic rings. The van der Waals surface area contributed by atoms with Crippen LogP contribution in [-0.2, 0) is 0 Å². The lowest BCUT2D eigenvalue weighted by Crippen LogP contribution is -2.17. The first-order chi connectivity index (χ1) is 10.8. The van der Waals surface area contributed by atoms with Crippen LogP contribution in [0.15, 0.2) is 24.3 Å². The van der Waals surface area contributed by atoms with E-state index in [1.54, 1.807) is 31.2 Å². The van der Waals surface area contributed by atoms with Gasteiger partial charge in [0.15, 0.2) is 0 Å². The van der Waals surface area contributed by atoms with Crippen LogP contribution in [0, 0.1) is 12.8 Å². The normalized spacial score (nSPS) is 10.7. The van der Waals surface area contributed by atoms with Crippen molar-refractivity contribution in [1.29, 1.82) is 0 Å². The highest BCUT2D eigenvalue weighted by molar-refractivity contribution is 6.35. The minimum Gasteiger partial charge on any atom is -0.370 e. The second-order valence-electron chi connectivity index (χ2n) is 5.54. The Labute approximate surface area is 145 Å². The lowest BCUT2D eigenvalue weighted by atomic mass is 10.2. The molecule has 2 N–H and O–H groups in total. The van der Waals surface area contributed by atoms with Crippen LogP contribution in [0.5, 0.6) is 0 Å². The van der Waals surface area contributed by atoms with Gasteiger partial charge in [0.2, 0.25) is 0 Å². The summed E-state index contributed by atoms with van der Waals surface area (Å²) in [6, 6.07) is 6.49. The van der Waals surface area contributed by atoms with E-state index in [4.69, 9.17) is 23.2 Å². The monoisotopic (exact) mass is 352 g/mol. The van der Waals surface area contributed by atoms with Crippen molar-refractivity contribution in [2.75, 3.05) is 17.2 Å². The fourth-order valence-corrected chi connectivity index (χ4v) is 2.20. The number of amides is 1. The van der Waals surface area contributed by atoms with Crippen molar-refractivity contribution in [3.8, 4) is 0 Å². The molecular formula is C16H18Cl2N4O. The van der Waals surface area contributed by atoms with E-state index in [1.165, 1.54) is 0 Å². The highest BCUT2D eigenvalue weighted by Crippen LogP contribution is 2.25. The summed E-state index contributed by atoms with van der Waals surface area (Å²) in [7, 11) is 0. The molecule has 23 heavy (non-hydrogen) atoms. The van der Waals surface area contributed by atoms with Gasteiger partial charge in [0.25, 0.3) is 5.91 Å². The van der Waals surface area contributed by atoms with Gasteiger partial charge in [0.05, 0.1) is 10.7 Å². The highest BCUT2D eigenvalue weighted by Gasteiger charge is 2.13. The molecule has 0 fully saturated rings. The highest BCUT2D eigenvalue weighted by atomic mass is 35.5. The molecular weight excluding hydrogens is 335 g/mol. The van der Waals surface area contributed by atoms with Crippen LogP contribution in [0.2, 0.25) is 10.0 Å². The maximum atomic E-state index is 12.4. The zero-order valence-corrected chi connectivity index (χ0v) is 14.7. The van der Waals surface area contributed by atoms with E-state index in [2.05, 4.69) is 34.4 Å². The zero-order valence-electron chi connectivity index (χ0n) is 13.2. The van der Waals surface area contributed by atoms with Gasteiger partial charge in [-0.15, -0.1) is 0 Å². The van der Waals surface area contributed by atoms with E-state index >= 15 is 0 Å². The van der Waals surface area contributed by atoms with E-state index in [-0.39, 0.29) is 11.6 Å². The van der Waals surface area contributed by atoms with Crippen LogP contribution in [0.4, 0.5) is 11.5 Å². The van der Waals surface area contributed by atoms with Crippen molar-refractivity contribution in [2.45, 2.75) is 20.8 Å². The van der Waals surface area contributed by atoms with Crippen molar-refractivity contribution in [3.63, 3.8) is 0 Å². The topological polar surface area (TPSA) is 66.9 Å². The first-order valence-electron chi connectivity index (χ1n) is 7.21. The third kappa shape index (κ3) is 5.08. The molecule has 122 valence electrons. The Bertz CT molecular complexity index is 719. The molecule has 0 saturated carbocycles. The average Bonchev–Trinajstić information content (AvgIpc) is 2.48. The van der Waals surface area contributed by atoms with E-state index in [1.807, 2.05) is 0 Å². The molecule has 5 nitrogen and oxygen atoms in total. The Balaban J connectivity index is 2.20. The maximum Gasteiger partial charge on any atom is 0.274 e. The Hall–Kier alpha value is -1.85. The number of nitrogens with zero attached hydrogens (tertiary/aromatic N) is 2. The van der Waals surface area contributed by atoms with Gasteiger partial charge < -0.3 is 10.6 Å². The van der Waals surface area contributed by atoms with Gasteiger partial charge >= 0.3 is 0 Å². The van der Waals surface area contributed by atoms with E-state index < -0.39 is 0 Å². The first kappa shape index (κ1) is 17.5. The summed E-state index contributed by atoms with van der Waals surface area (Å²) < 4.78 is 0. The number of carbonyl (C=O) groups excluding carboxylic acids is 1. The molecule has 0 aliphatic rings.